The van der Waals surface area contributed by atoms with Gasteiger partial charge in [-0.25, -0.2) is 9.78 Å². The van der Waals surface area contributed by atoms with Crippen LogP contribution >= 0.6 is 15.9 Å². The highest BCUT2D eigenvalue weighted by Gasteiger charge is 2.48. The van der Waals surface area contributed by atoms with E-state index in [1.54, 1.807) is 13.1 Å². The zero-order valence-corrected chi connectivity index (χ0v) is 12.6. The molecule has 0 bridgehead atoms. The SMILES string of the molecule is CC(Nc1nccc2c(Br)cccc12)(C(=O)O)C1CC1. The average molecular weight is 335 g/mol. The van der Waals surface area contributed by atoms with Crippen LogP contribution in [-0.4, -0.2) is 21.6 Å². The molecule has 1 saturated carbocycles. The van der Waals surface area contributed by atoms with E-state index in [1.165, 1.54) is 0 Å². The fraction of sp³-hybridized carbons (Fsp3) is 0.333. The largest absolute Gasteiger partial charge is 0.480 e. The molecule has 1 aliphatic rings. The Morgan fingerprint density at radius 3 is 2.80 bits per heavy atom. The van der Waals surface area contributed by atoms with Crippen LogP contribution < -0.4 is 5.32 Å². The molecule has 1 aliphatic carbocycles. The average Bonchev–Trinajstić information content (AvgIpc) is 3.24. The number of rotatable bonds is 4. The quantitative estimate of drug-likeness (QED) is 0.895. The molecule has 1 aromatic carbocycles. The molecule has 2 aromatic rings. The Labute approximate surface area is 125 Å². The molecule has 20 heavy (non-hydrogen) atoms. The molecule has 5 heteroatoms. The number of hydrogen-bond donors (Lipinski definition) is 2. The number of aliphatic carboxylic acids is 1. The molecule has 104 valence electrons. The molecule has 4 nitrogen and oxygen atoms in total. The second kappa shape index (κ2) is 4.74. The van der Waals surface area contributed by atoms with Gasteiger partial charge in [0.2, 0.25) is 0 Å². The van der Waals surface area contributed by atoms with Crippen LogP contribution in [0.4, 0.5) is 5.82 Å². The summed E-state index contributed by atoms with van der Waals surface area (Å²) in [5.74, 6) is -0.0291. The zero-order valence-electron chi connectivity index (χ0n) is 11.1. The lowest BCUT2D eigenvalue weighted by atomic mass is 9.95. The van der Waals surface area contributed by atoms with E-state index >= 15 is 0 Å². The molecule has 1 unspecified atom stereocenters. The number of anilines is 1. The molecule has 2 N–H and O–H groups in total. The Bertz CT molecular complexity index is 685. The Hall–Kier alpha value is -1.62. The maximum Gasteiger partial charge on any atom is 0.329 e. The zero-order chi connectivity index (χ0) is 14.3. The van der Waals surface area contributed by atoms with Crippen molar-refractivity contribution in [2.45, 2.75) is 25.3 Å². The Balaban J connectivity index is 2.06. The van der Waals surface area contributed by atoms with Gasteiger partial charge in [0.25, 0.3) is 0 Å². The summed E-state index contributed by atoms with van der Waals surface area (Å²) in [4.78, 5) is 15.9. The summed E-state index contributed by atoms with van der Waals surface area (Å²) in [6, 6.07) is 7.75. The van der Waals surface area contributed by atoms with Crippen molar-refractivity contribution in [3.8, 4) is 0 Å². The van der Waals surface area contributed by atoms with Crippen LogP contribution in [0.5, 0.6) is 0 Å². The molecule has 1 fully saturated rings. The summed E-state index contributed by atoms with van der Waals surface area (Å²) in [6.45, 7) is 1.74. The maximum absolute atomic E-state index is 11.6. The third-order valence-electron chi connectivity index (χ3n) is 3.97. The van der Waals surface area contributed by atoms with Crippen molar-refractivity contribution < 1.29 is 9.90 Å². The number of fused-ring (bicyclic) bond motifs is 1. The van der Waals surface area contributed by atoms with Crippen LogP contribution in [0, 0.1) is 5.92 Å². The third-order valence-corrected chi connectivity index (χ3v) is 4.66. The minimum Gasteiger partial charge on any atom is -0.480 e. The summed E-state index contributed by atoms with van der Waals surface area (Å²) in [5, 5.41) is 14.6. The second-order valence-corrected chi connectivity index (χ2v) is 6.26. The van der Waals surface area contributed by atoms with E-state index in [0.717, 1.165) is 28.1 Å². The Morgan fingerprint density at radius 1 is 1.40 bits per heavy atom. The molecular weight excluding hydrogens is 320 g/mol. The van der Waals surface area contributed by atoms with Gasteiger partial charge in [-0.2, -0.15) is 0 Å². The highest BCUT2D eigenvalue weighted by molar-refractivity contribution is 9.10. The van der Waals surface area contributed by atoms with E-state index in [9.17, 15) is 9.90 Å². The van der Waals surface area contributed by atoms with Crippen LogP contribution in [-0.2, 0) is 4.79 Å². The fourth-order valence-electron chi connectivity index (χ4n) is 2.51. The number of carboxylic acids is 1. The van der Waals surface area contributed by atoms with Gasteiger partial charge >= 0.3 is 5.97 Å². The molecule has 0 aliphatic heterocycles. The maximum atomic E-state index is 11.6. The second-order valence-electron chi connectivity index (χ2n) is 5.40. The monoisotopic (exact) mass is 334 g/mol. The van der Waals surface area contributed by atoms with Crippen molar-refractivity contribution in [1.82, 2.24) is 4.98 Å². The lowest BCUT2D eigenvalue weighted by Crippen LogP contribution is -2.45. The van der Waals surface area contributed by atoms with Gasteiger partial charge in [-0.3, -0.25) is 0 Å². The van der Waals surface area contributed by atoms with Crippen LogP contribution in [0.1, 0.15) is 19.8 Å². The van der Waals surface area contributed by atoms with Crippen molar-refractivity contribution >= 4 is 38.5 Å². The molecule has 0 amide bonds. The normalized spacial score (nSPS) is 17.7. The van der Waals surface area contributed by atoms with Crippen LogP contribution in [0.15, 0.2) is 34.9 Å². The number of nitrogens with zero attached hydrogens (tertiary/aromatic N) is 1. The van der Waals surface area contributed by atoms with Crippen molar-refractivity contribution in [2.24, 2.45) is 5.92 Å². The summed E-state index contributed by atoms with van der Waals surface area (Å²) < 4.78 is 0.976. The standard InChI is InChI=1S/C15H15BrN2O2/c1-15(14(19)20,9-5-6-9)18-13-11-3-2-4-12(16)10(11)7-8-17-13/h2-4,7-9H,5-6H2,1H3,(H,17,18)(H,19,20). The Kier molecular flexibility index (Phi) is 3.17. The summed E-state index contributed by atoms with van der Waals surface area (Å²) >= 11 is 3.51. The van der Waals surface area contributed by atoms with Gasteiger partial charge in [-0.1, -0.05) is 28.1 Å². The lowest BCUT2D eigenvalue weighted by molar-refractivity contribution is -0.142. The smallest absolute Gasteiger partial charge is 0.329 e. The van der Waals surface area contributed by atoms with Crippen molar-refractivity contribution in [3.63, 3.8) is 0 Å². The first-order valence-corrected chi connectivity index (χ1v) is 7.36. The summed E-state index contributed by atoms with van der Waals surface area (Å²) in [5.41, 5.74) is -0.955. The number of halogens is 1. The number of pyridine rings is 1. The van der Waals surface area contributed by atoms with Gasteiger partial charge in [0.1, 0.15) is 11.4 Å². The first-order chi connectivity index (χ1) is 9.52. The van der Waals surface area contributed by atoms with E-state index < -0.39 is 11.5 Å². The molecule has 0 saturated heterocycles. The van der Waals surface area contributed by atoms with E-state index in [1.807, 2.05) is 24.3 Å². The topological polar surface area (TPSA) is 62.2 Å². The molecule has 1 aromatic heterocycles. The minimum absolute atomic E-state index is 0.171. The van der Waals surface area contributed by atoms with Gasteiger partial charge in [-0.15, -0.1) is 0 Å². The lowest BCUT2D eigenvalue weighted by Gasteiger charge is -2.27. The minimum atomic E-state index is -0.955. The van der Waals surface area contributed by atoms with Crippen molar-refractivity contribution in [1.29, 1.82) is 0 Å². The number of hydrogen-bond acceptors (Lipinski definition) is 3. The van der Waals surface area contributed by atoms with Gasteiger partial charge in [0.05, 0.1) is 0 Å². The van der Waals surface area contributed by atoms with Gasteiger partial charge in [0.15, 0.2) is 0 Å². The number of nitrogens with one attached hydrogen (secondary N) is 1. The molecule has 1 heterocycles. The number of aromatic nitrogens is 1. The van der Waals surface area contributed by atoms with Crippen molar-refractivity contribution in [3.05, 3.63) is 34.9 Å². The number of carbonyl (C=O) groups is 1. The van der Waals surface area contributed by atoms with Crippen molar-refractivity contribution in [2.75, 3.05) is 5.32 Å². The first kappa shape index (κ1) is 13.4. The fourth-order valence-corrected chi connectivity index (χ4v) is 3.00. The molecular formula is C15H15BrN2O2. The van der Waals surface area contributed by atoms with Crippen LogP contribution in [0.3, 0.4) is 0 Å². The van der Waals surface area contributed by atoms with E-state index in [-0.39, 0.29) is 5.92 Å². The van der Waals surface area contributed by atoms with E-state index in [2.05, 4.69) is 26.2 Å². The van der Waals surface area contributed by atoms with Crippen LogP contribution in [0.2, 0.25) is 0 Å². The summed E-state index contributed by atoms with van der Waals surface area (Å²) in [6.07, 6.45) is 3.60. The van der Waals surface area contributed by atoms with Crippen LogP contribution in [0.25, 0.3) is 10.8 Å². The van der Waals surface area contributed by atoms with Gasteiger partial charge in [0, 0.05) is 21.4 Å². The highest BCUT2D eigenvalue weighted by atomic mass is 79.9. The predicted molar refractivity (Wildman–Crippen MR) is 81.8 cm³/mol. The number of carboxylic acid groups (broad SMARTS) is 1. The molecule has 3 rings (SSSR count). The van der Waals surface area contributed by atoms with E-state index in [0.29, 0.717) is 5.82 Å². The molecule has 1 atom stereocenters. The highest BCUT2D eigenvalue weighted by Crippen LogP contribution is 2.42. The van der Waals surface area contributed by atoms with Gasteiger partial charge in [-0.05, 0) is 37.8 Å². The van der Waals surface area contributed by atoms with Gasteiger partial charge < -0.3 is 10.4 Å². The molecule has 0 spiro atoms. The number of benzene rings is 1. The van der Waals surface area contributed by atoms with E-state index in [4.69, 9.17) is 0 Å². The summed E-state index contributed by atoms with van der Waals surface area (Å²) in [7, 11) is 0. The molecule has 0 radical (unpaired) electrons. The first-order valence-electron chi connectivity index (χ1n) is 6.57. The Morgan fingerprint density at radius 2 is 2.15 bits per heavy atom. The third kappa shape index (κ3) is 2.16. The predicted octanol–water partition coefficient (Wildman–Crippen LogP) is 3.66.